The van der Waals surface area contributed by atoms with Crippen LogP contribution in [0.25, 0.3) is 0 Å². The smallest absolute Gasteiger partial charge is 0.170 e. The van der Waals surface area contributed by atoms with Gasteiger partial charge in [-0.1, -0.05) is 45.0 Å². The molecule has 0 saturated carbocycles. The predicted molar refractivity (Wildman–Crippen MR) is 84.0 cm³/mol. The van der Waals surface area contributed by atoms with Crippen molar-refractivity contribution in [3.8, 4) is 0 Å². The zero-order valence-corrected chi connectivity index (χ0v) is 13.2. The largest absolute Gasteiger partial charge is 0.409 e. The zero-order chi connectivity index (χ0) is 15.3. The van der Waals surface area contributed by atoms with Crippen molar-refractivity contribution in [2.24, 2.45) is 22.2 Å². The summed E-state index contributed by atoms with van der Waals surface area (Å²) in [5.41, 5.74) is 8.99. The Balaban J connectivity index is 2.66. The molecule has 0 saturated heterocycles. The molecule has 0 spiro atoms. The minimum Gasteiger partial charge on any atom is -0.409 e. The molecule has 0 atom stereocenters. The fraction of sp³-hybridized carbons (Fsp3) is 0.562. The molecule has 0 unspecified atom stereocenters. The minimum absolute atomic E-state index is 0.147. The van der Waals surface area contributed by atoms with E-state index in [1.807, 2.05) is 25.1 Å². The van der Waals surface area contributed by atoms with Crippen LogP contribution in [0.15, 0.2) is 23.4 Å². The third-order valence-corrected chi connectivity index (χ3v) is 4.21. The van der Waals surface area contributed by atoms with E-state index in [1.54, 1.807) is 0 Å². The average molecular weight is 277 g/mol. The molecular weight excluding hydrogens is 250 g/mol. The maximum Gasteiger partial charge on any atom is 0.170 e. The van der Waals surface area contributed by atoms with E-state index < -0.39 is 0 Å². The van der Waals surface area contributed by atoms with Crippen LogP contribution in [0.3, 0.4) is 0 Å². The minimum atomic E-state index is 0.147. The van der Waals surface area contributed by atoms with Crippen molar-refractivity contribution in [3.63, 3.8) is 0 Å². The zero-order valence-electron chi connectivity index (χ0n) is 13.2. The van der Waals surface area contributed by atoms with Gasteiger partial charge in [0.2, 0.25) is 0 Å². The number of hydrogen-bond donors (Lipinski definition) is 3. The summed E-state index contributed by atoms with van der Waals surface area (Å²) in [6, 6.07) is 5.85. The molecular formula is C16H27N3O. The Kier molecular flexibility index (Phi) is 5.57. The lowest BCUT2D eigenvalue weighted by Crippen LogP contribution is -2.33. The molecule has 4 nitrogen and oxygen atoms in total. The molecule has 0 amide bonds. The summed E-state index contributed by atoms with van der Waals surface area (Å²) < 4.78 is 0. The number of rotatable bonds is 6. The Morgan fingerprint density at radius 2 is 2.05 bits per heavy atom. The van der Waals surface area contributed by atoms with Crippen LogP contribution in [0.5, 0.6) is 0 Å². The summed E-state index contributed by atoms with van der Waals surface area (Å²) in [7, 11) is 0. The molecule has 1 aromatic carbocycles. The summed E-state index contributed by atoms with van der Waals surface area (Å²) in [4.78, 5) is 0. The second kappa shape index (κ2) is 6.75. The summed E-state index contributed by atoms with van der Waals surface area (Å²) in [5, 5.41) is 15.2. The van der Waals surface area contributed by atoms with Gasteiger partial charge < -0.3 is 16.3 Å². The standard InChI is InChI=1S/C16H27N3O/c1-11(2)16(4,5)10-18-9-14-7-6-13(8-12(14)3)15(17)19-20/h6-8,11,18,20H,9-10H2,1-5H3,(H2,17,19). The molecule has 1 rings (SSSR count). The lowest BCUT2D eigenvalue weighted by atomic mass is 9.81. The van der Waals surface area contributed by atoms with Crippen LogP contribution in [-0.2, 0) is 6.54 Å². The summed E-state index contributed by atoms with van der Waals surface area (Å²) >= 11 is 0. The first-order valence-corrected chi connectivity index (χ1v) is 7.06. The topological polar surface area (TPSA) is 70.6 Å². The van der Waals surface area contributed by atoms with Gasteiger partial charge in [-0.25, -0.2) is 0 Å². The number of nitrogens with zero attached hydrogens (tertiary/aromatic N) is 1. The predicted octanol–water partition coefficient (Wildman–Crippen LogP) is 2.86. The molecule has 0 bridgehead atoms. The van der Waals surface area contributed by atoms with Gasteiger partial charge in [-0.05, 0) is 35.4 Å². The van der Waals surface area contributed by atoms with Crippen LogP contribution in [0.1, 0.15) is 44.4 Å². The molecule has 0 aliphatic carbocycles. The quantitative estimate of drug-likeness (QED) is 0.324. The highest BCUT2D eigenvalue weighted by Crippen LogP contribution is 2.24. The number of amidine groups is 1. The molecule has 0 aromatic heterocycles. The van der Waals surface area contributed by atoms with Crippen molar-refractivity contribution < 1.29 is 5.21 Å². The second-order valence-electron chi connectivity index (χ2n) is 6.37. The van der Waals surface area contributed by atoms with E-state index in [1.165, 1.54) is 5.56 Å². The Morgan fingerprint density at radius 3 is 2.55 bits per heavy atom. The fourth-order valence-electron chi connectivity index (χ4n) is 1.83. The van der Waals surface area contributed by atoms with E-state index in [4.69, 9.17) is 10.9 Å². The van der Waals surface area contributed by atoms with Gasteiger partial charge in [-0.3, -0.25) is 0 Å². The summed E-state index contributed by atoms with van der Waals surface area (Å²) in [6.07, 6.45) is 0. The Morgan fingerprint density at radius 1 is 1.40 bits per heavy atom. The van der Waals surface area contributed by atoms with Gasteiger partial charge in [0.1, 0.15) is 0 Å². The van der Waals surface area contributed by atoms with E-state index in [-0.39, 0.29) is 11.3 Å². The fourth-order valence-corrected chi connectivity index (χ4v) is 1.83. The number of oxime groups is 1. The first-order chi connectivity index (χ1) is 9.27. The van der Waals surface area contributed by atoms with E-state index in [0.717, 1.165) is 24.2 Å². The third kappa shape index (κ3) is 4.23. The normalized spacial score (nSPS) is 13.0. The highest BCUT2D eigenvalue weighted by atomic mass is 16.4. The summed E-state index contributed by atoms with van der Waals surface area (Å²) in [6.45, 7) is 12.9. The van der Waals surface area contributed by atoms with Crippen LogP contribution >= 0.6 is 0 Å². The van der Waals surface area contributed by atoms with E-state index in [2.05, 4.69) is 38.2 Å². The number of nitrogens with one attached hydrogen (secondary N) is 1. The lowest BCUT2D eigenvalue weighted by Gasteiger charge is -2.29. The highest BCUT2D eigenvalue weighted by Gasteiger charge is 2.21. The van der Waals surface area contributed by atoms with Gasteiger partial charge >= 0.3 is 0 Å². The van der Waals surface area contributed by atoms with Crippen LogP contribution in [0.4, 0.5) is 0 Å². The van der Waals surface area contributed by atoms with Crippen molar-refractivity contribution in [3.05, 3.63) is 34.9 Å². The number of nitrogens with two attached hydrogens (primary N) is 1. The molecule has 4 N–H and O–H groups in total. The number of benzene rings is 1. The van der Waals surface area contributed by atoms with Crippen LogP contribution in [0, 0.1) is 18.3 Å². The van der Waals surface area contributed by atoms with Gasteiger partial charge in [-0.2, -0.15) is 0 Å². The van der Waals surface area contributed by atoms with Crippen LogP contribution < -0.4 is 11.1 Å². The van der Waals surface area contributed by atoms with Gasteiger partial charge in [0.15, 0.2) is 5.84 Å². The first-order valence-electron chi connectivity index (χ1n) is 7.06. The maximum atomic E-state index is 8.68. The van der Waals surface area contributed by atoms with Gasteiger partial charge in [0.05, 0.1) is 0 Å². The third-order valence-electron chi connectivity index (χ3n) is 4.21. The molecule has 1 aromatic rings. The number of hydrogen-bond acceptors (Lipinski definition) is 3. The van der Waals surface area contributed by atoms with Gasteiger partial charge in [0.25, 0.3) is 0 Å². The van der Waals surface area contributed by atoms with Crippen LogP contribution in [-0.4, -0.2) is 17.6 Å². The molecule has 20 heavy (non-hydrogen) atoms. The van der Waals surface area contributed by atoms with Crippen molar-refractivity contribution in [1.82, 2.24) is 5.32 Å². The van der Waals surface area contributed by atoms with Crippen LogP contribution in [0.2, 0.25) is 0 Å². The van der Waals surface area contributed by atoms with Crippen molar-refractivity contribution >= 4 is 5.84 Å². The van der Waals surface area contributed by atoms with E-state index in [9.17, 15) is 0 Å². The SMILES string of the molecule is Cc1cc(/C(N)=N/O)ccc1CNCC(C)(C)C(C)C. The van der Waals surface area contributed by atoms with E-state index in [0.29, 0.717) is 5.92 Å². The van der Waals surface area contributed by atoms with Gasteiger partial charge in [-0.15, -0.1) is 0 Å². The Labute approximate surface area is 122 Å². The Bertz CT molecular complexity index is 479. The van der Waals surface area contributed by atoms with Crippen molar-refractivity contribution in [2.45, 2.75) is 41.2 Å². The highest BCUT2D eigenvalue weighted by molar-refractivity contribution is 5.97. The van der Waals surface area contributed by atoms with Gasteiger partial charge in [0, 0.05) is 18.7 Å². The average Bonchev–Trinajstić information content (AvgIpc) is 2.39. The lowest BCUT2D eigenvalue weighted by molar-refractivity contribution is 0.238. The molecule has 0 aliphatic heterocycles. The maximum absolute atomic E-state index is 8.68. The molecule has 0 fully saturated rings. The van der Waals surface area contributed by atoms with E-state index >= 15 is 0 Å². The molecule has 0 aliphatic rings. The molecule has 4 heteroatoms. The van der Waals surface area contributed by atoms with Crippen molar-refractivity contribution in [1.29, 1.82) is 0 Å². The number of aryl methyl sites for hydroxylation is 1. The molecule has 0 heterocycles. The second-order valence-corrected chi connectivity index (χ2v) is 6.37. The molecule has 0 radical (unpaired) electrons. The summed E-state index contributed by atoms with van der Waals surface area (Å²) in [5.74, 6) is 0.785. The molecule has 112 valence electrons. The monoisotopic (exact) mass is 277 g/mol. The Hall–Kier alpha value is -1.55. The van der Waals surface area contributed by atoms with Crippen molar-refractivity contribution in [2.75, 3.05) is 6.54 Å². The first kappa shape index (κ1) is 16.5.